The molecule has 1 aliphatic rings. The van der Waals surface area contributed by atoms with Gasteiger partial charge < -0.3 is 9.64 Å². The number of benzene rings is 1. The number of hydrogen-bond donors (Lipinski definition) is 0. The molecule has 0 spiro atoms. The molecule has 0 radical (unpaired) electrons. The van der Waals surface area contributed by atoms with E-state index in [1.165, 1.54) is 18.7 Å². The summed E-state index contributed by atoms with van der Waals surface area (Å²) in [7, 11) is 2.18. The Hall–Kier alpha value is -1.06. The quantitative estimate of drug-likeness (QED) is 0.787. The number of aryl methyl sites for hydroxylation is 1. The molecule has 2 rings (SSSR count). The van der Waals surface area contributed by atoms with E-state index in [-0.39, 0.29) is 0 Å². The smallest absolute Gasteiger partial charge is 0.119 e. The van der Waals surface area contributed by atoms with Gasteiger partial charge in [-0.15, -0.1) is 0 Å². The van der Waals surface area contributed by atoms with E-state index in [1.54, 1.807) is 0 Å². The van der Waals surface area contributed by atoms with Gasteiger partial charge in [0.1, 0.15) is 12.4 Å². The SMILES string of the molecule is Cc1cccc(OCCN2CCN(C)CC2)c1. The molecule has 1 saturated heterocycles. The zero-order valence-corrected chi connectivity index (χ0v) is 10.9. The van der Waals surface area contributed by atoms with Crippen LogP contribution in [0.1, 0.15) is 5.56 Å². The van der Waals surface area contributed by atoms with Crippen molar-refractivity contribution in [3.63, 3.8) is 0 Å². The van der Waals surface area contributed by atoms with Gasteiger partial charge >= 0.3 is 0 Å². The molecule has 1 fully saturated rings. The van der Waals surface area contributed by atoms with Gasteiger partial charge in [0, 0.05) is 32.7 Å². The Balaban J connectivity index is 1.69. The van der Waals surface area contributed by atoms with Crippen LogP contribution in [0.3, 0.4) is 0 Å². The molecular formula is C14H22N2O. The zero-order chi connectivity index (χ0) is 12.1. The molecule has 0 N–H and O–H groups in total. The standard InChI is InChI=1S/C14H22N2O/c1-13-4-3-5-14(12-13)17-11-10-16-8-6-15(2)7-9-16/h3-5,12H,6-11H2,1-2H3. The summed E-state index contributed by atoms with van der Waals surface area (Å²) in [5.74, 6) is 0.985. The molecule has 0 aliphatic carbocycles. The minimum atomic E-state index is 0.785. The Morgan fingerprint density at radius 1 is 1.18 bits per heavy atom. The van der Waals surface area contributed by atoms with Crippen molar-refractivity contribution < 1.29 is 4.74 Å². The minimum absolute atomic E-state index is 0.785. The lowest BCUT2D eigenvalue weighted by Gasteiger charge is -2.32. The summed E-state index contributed by atoms with van der Waals surface area (Å²) in [4.78, 5) is 4.84. The third-order valence-electron chi connectivity index (χ3n) is 3.26. The number of likely N-dealkylation sites (N-methyl/N-ethyl adjacent to an activating group) is 1. The van der Waals surface area contributed by atoms with Crippen LogP contribution in [-0.4, -0.2) is 56.2 Å². The topological polar surface area (TPSA) is 15.7 Å². The highest BCUT2D eigenvalue weighted by atomic mass is 16.5. The highest BCUT2D eigenvalue weighted by Gasteiger charge is 2.12. The fraction of sp³-hybridized carbons (Fsp3) is 0.571. The van der Waals surface area contributed by atoms with E-state index in [0.29, 0.717) is 0 Å². The summed E-state index contributed by atoms with van der Waals surface area (Å²) in [5.41, 5.74) is 1.25. The first-order valence-corrected chi connectivity index (χ1v) is 6.34. The summed E-state index contributed by atoms with van der Waals surface area (Å²) >= 11 is 0. The number of rotatable bonds is 4. The predicted octanol–water partition coefficient (Wildman–Crippen LogP) is 1.62. The van der Waals surface area contributed by atoms with Crippen molar-refractivity contribution in [2.75, 3.05) is 46.4 Å². The van der Waals surface area contributed by atoms with E-state index >= 15 is 0 Å². The van der Waals surface area contributed by atoms with Crippen molar-refractivity contribution in [1.29, 1.82) is 0 Å². The monoisotopic (exact) mass is 234 g/mol. The number of hydrogen-bond acceptors (Lipinski definition) is 3. The highest BCUT2D eigenvalue weighted by Crippen LogP contribution is 2.12. The van der Waals surface area contributed by atoms with Crippen LogP contribution in [0.2, 0.25) is 0 Å². The van der Waals surface area contributed by atoms with Gasteiger partial charge in [0.25, 0.3) is 0 Å². The maximum Gasteiger partial charge on any atom is 0.119 e. The van der Waals surface area contributed by atoms with Gasteiger partial charge in [0.2, 0.25) is 0 Å². The van der Waals surface area contributed by atoms with E-state index < -0.39 is 0 Å². The Labute approximate surface area is 104 Å². The van der Waals surface area contributed by atoms with Gasteiger partial charge in [-0.05, 0) is 31.7 Å². The molecule has 0 aromatic heterocycles. The molecule has 0 saturated carbocycles. The largest absolute Gasteiger partial charge is 0.492 e. The molecule has 94 valence electrons. The van der Waals surface area contributed by atoms with Crippen molar-refractivity contribution in [3.8, 4) is 5.75 Å². The van der Waals surface area contributed by atoms with Gasteiger partial charge in [0.15, 0.2) is 0 Å². The predicted molar refractivity (Wildman–Crippen MR) is 70.6 cm³/mol. The molecule has 17 heavy (non-hydrogen) atoms. The molecule has 0 unspecified atom stereocenters. The van der Waals surface area contributed by atoms with Gasteiger partial charge in [-0.3, -0.25) is 4.90 Å². The summed E-state index contributed by atoms with van der Waals surface area (Å²) in [6, 6.07) is 8.24. The molecule has 1 heterocycles. The van der Waals surface area contributed by atoms with Crippen LogP contribution in [0.5, 0.6) is 5.75 Å². The normalized spacial score (nSPS) is 18.2. The molecule has 0 amide bonds. The second-order valence-corrected chi connectivity index (χ2v) is 4.81. The Kier molecular flexibility index (Phi) is 4.40. The van der Waals surface area contributed by atoms with Crippen molar-refractivity contribution in [3.05, 3.63) is 29.8 Å². The van der Waals surface area contributed by atoms with Crippen LogP contribution >= 0.6 is 0 Å². The van der Waals surface area contributed by atoms with Crippen molar-refractivity contribution >= 4 is 0 Å². The number of nitrogens with zero attached hydrogens (tertiary/aromatic N) is 2. The summed E-state index contributed by atoms with van der Waals surface area (Å²) in [6.45, 7) is 8.57. The Morgan fingerprint density at radius 2 is 1.94 bits per heavy atom. The second kappa shape index (κ2) is 6.03. The van der Waals surface area contributed by atoms with E-state index in [2.05, 4.69) is 35.9 Å². The molecule has 0 bridgehead atoms. The van der Waals surface area contributed by atoms with Gasteiger partial charge in [-0.25, -0.2) is 0 Å². The minimum Gasteiger partial charge on any atom is -0.492 e. The van der Waals surface area contributed by atoms with Crippen LogP contribution in [0.25, 0.3) is 0 Å². The fourth-order valence-electron chi connectivity index (χ4n) is 2.07. The first-order chi connectivity index (χ1) is 8.24. The van der Waals surface area contributed by atoms with Crippen LogP contribution in [0.15, 0.2) is 24.3 Å². The second-order valence-electron chi connectivity index (χ2n) is 4.81. The molecular weight excluding hydrogens is 212 g/mol. The lowest BCUT2D eigenvalue weighted by Crippen LogP contribution is -2.45. The van der Waals surface area contributed by atoms with Crippen LogP contribution in [-0.2, 0) is 0 Å². The molecule has 1 aromatic rings. The molecule has 1 aromatic carbocycles. The summed E-state index contributed by atoms with van der Waals surface area (Å²) in [6.07, 6.45) is 0. The van der Waals surface area contributed by atoms with Gasteiger partial charge in [-0.1, -0.05) is 12.1 Å². The van der Waals surface area contributed by atoms with Gasteiger partial charge in [-0.2, -0.15) is 0 Å². The third-order valence-corrected chi connectivity index (χ3v) is 3.26. The lowest BCUT2D eigenvalue weighted by molar-refractivity contribution is 0.133. The zero-order valence-electron chi connectivity index (χ0n) is 10.9. The van der Waals surface area contributed by atoms with E-state index in [1.807, 2.05) is 12.1 Å². The molecule has 3 nitrogen and oxygen atoms in total. The summed E-state index contributed by atoms with van der Waals surface area (Å²) < 4.78 is 5.76. The first kappa shape index (κ1) is 12.4. The van der Waals surface area contributed by atoms with Crippen LogP contribution in [0.4, 0.5) is 0 Å². The highest BCUT2D eigenvalue weighted by molar-refractivity contribution is 5.27. The van der Waals surface area contributed by atoms with Crippen molar-refractivity contribution in [2.24, 2.45) is 0 Å². The fourth-order valence-corrected chi connectivity index (χ4v) is 2.07. The maximum absolute atomic E-state index is 5.76. The van der Waals surface area contributed by atoms with Gasteiger partial charge in [0.05, 0.1) is 0 Å². The Bertz CT molecular complexity index is 346. The van der Waals surface area contributed by atoms with Crippen LogP contribution < -0.4 is 4.74 Å². The first-order valence-electron chi connectivity index (χ1n) is 6.34. The van der Waals surface area contributed by atoms with E-state index in [0.717, 1.165) is 32.0 Å². The maximum atomic E-state index is 5.76. The number of ether oxygens (including phenoxy) is 1. The molecule has 0 atom stereocenters. The summed E-state index contributed by atoms with van der Waals surface area (Å²) in [5, 5.41) is 0. The Morgan fingerprint density at radius 3 is 2.65 bits per heavy atom. The van der Waals surface area contributed by atoms with E-state index in [9.17, 15) is 0 Å². The van der Waals surface area contributed by atoms with Crippen molar-refractivity contribution in [2.45, 2.75) is 6.92 Å². The average Bonchev–Trinajstić information content (AvgIpc) is 2.32. The van der Waals surface area contributed by atoms with Crippen molar-refractivity contribution in [1.82, 2.24) is 9.80 Å². The third kappa shape index (κ3) is 4.02. The molecule has 1 aliphatic heterocycles. The average molecular weight is 234 g/mol. The van der Waals surface area contributed by atoms with Crippen LogP contribution in [0, 0.1) is 6.92 Å². The lowest BCUT2D eigenvalue weighted by atomic mass is 10.2. The number of piperazine rings is 1. The molecule has 3 heteroatoms. The van der Waals surface area contributed by atoms with E-state index in [4.69, 9.17) is 4.74 Å².